The van der Waals surface area contributed by atoms with Gasteiger partial charge in [0.1, 0.15) is 5.82 Å². The molecule has 1 unspecified atom stereocenters. The van der Waals surface area contributed by atoms with Gasteiger partial charge in [0, 0.05) is 32.5 Å². The first-order chi connectivity index (χ1) is 14.1. The fourth-order valence-electron chi connectivity index (χ4n) is 3.98. The Labute approximate surface area is 170 Å². The molecule has 1 atom stereocenters. The second-order valence-corrected chi connectivity index (χ2v) is 7.59. The van der Waals surface area contributed by atoms with Crippen molar-refractivity contribution in [3.8, 4) is 0 Å². The Kier molecular flexibility index (Phi) is 5.71. The molecule has 3 aromatic rings. The van der Waals surface area contributed by atoms with Crippen LogP contribution in [-0.4, -0.2) is 40.4 Å². The first-order valence-corrected chi connectivity index (χ1v) is 10.2. The lowest BCUT2D eigenvalue weighted by Gasteiger charge is -2.34. The van der Waals surface area contributed by atoms with Crippen molar-refractivity contribution in [1.82, 2.24) is 20.2 Å². The number of aromatic nitrogens is 2. The predicted octanol–water partition coefficient (Wildman–Crippen LogP) is 2.73. The molecule has 2 N–H and O–H groups in total. The van der Waals surface area contributed by atoms with Gasteiger partial charge >= 0.3 is 0 Å². The minimum atomic E-state index is -0.125. The zero-order valence-electron chi connectivity index (χ0n) is 16.6. The van der Waals surface area contributed by atoms with E-state index in [1.165, 1.54) is 11.1 Å². The van der Waals surface area contributed by atoms with Crippen LogP contribution in [0.5, 0.6) is 0 Å². The molecule has 0 bridgehead atoms. The predicted molar refractivity (Wildman–Crippen MR) is 114 cm³/mol. The van der Waals surface area contributed by atoms with Crippen LogP contribution in [-0.2, 0) is 11.2 Å². The van der Waals surface area contributed by atoms with Crippen LogP contribution in [0.3, 0.4) is 0 Å². The average Bonchev–Trinajstić information content (AvgIpc) is 2.74. The first-order valence-electron chi connectivity index (χ1n) is 10.2. The molecular weight excluding hydrogens is 364 g/mol. The van der Waals surface area contributed by atoms with E-state index < -0.39 is 0 Å². The fourth-order valence-corrected chi connectivity index (χ4v) is 3.98. The molecular formula is C23H26N4O2. The van der Waals surface area contributed by atoms with Gasteiger partial charge in [-0.25, -0.2) is 4.98 Å². The Morgan fingerprint density at radius 3 is 2.83 bits per heavy atom. The van der Waals surface area contributed by atoms with Crippen molar-refractivity contribution in [1.29, 1.82) is 0 Å². The van der Waals surface area contributed by atoms with Gasteiger partial charge < -0.3 is 15.2 Å². The molecule has 2 heterocycles. The third-order valence-electron chi connectivity index (χ3n) is 5.56. The Morgan fingerprint density at radius 2 is 1.97 bits per heavy atom. The summed E-state index contributed by atoms with van der Waals surface area (Å²) in [6.07, 6.45) is 1.70. The normalized spacial score (nSPS) is 16.9. The molecule has 6 nitrogen and oxygen atoms in total. The third-order valence-corrected chi connectivity index (χ3v) is 5.56. The topological polar surface area (TPSA) is 78.1 Å². The van der Waals surface area contributed by atoms with E-state index in [1.807, 2.05) is 35.2 Å². The minimum absolute atomic E-state index is 0.125. The van der Waals surface area contributed by atoms with Crippen molar-refractivity contribution in [3.63, 3.8) is 0 Å². The number of piperazine rings is 1. The number of fused-ring (bicyclic) bond motifs is 1. The standard InChI is InChI=1S/C23H26N4O2/c1-16-7-2-3-8-17(16)20-15-27(14-13-24-20)22(28)12-6-11-21-25-19-10-5-4-9-18(19)23(29)26-21/h2-5,7-10,20,24H,6,11-15H2,1H3,(H,25,26,29). The number of carbonyl (C=O) groups is 1. The second kappa shape index (κ2) is 8.57. The van der Waals surface area contributed by atoms with Gasteiger partial charge in [0.15, 0.2) is 0 Å². The van der Waals surface area contributed by atoms with Gasteiger partial charge in [0.2, 0.25) is 5.91 Å². The van der Waals surface area contributed by atoms with Crippen LogP contribution in [0.1, 0.15) is 35.8 Å². The van der Waals surface area contributed by atoms with Gasteiger partial charge in [-0.15, -0.1) is 0 Å². The van der Waals surface area contributed by atoms with Crippen LogP contribution < -0.4 is 10.9 Å². The quantitative estimate of drug-likeness (QED) is 0.702. The summed E-state index contributed by atoms with van der Waals surface area (Å²) < 4.78 is 0. The summed E-state index contributed by atoms with van der Waals surface area (Å²) in [6.45, 7) is 4.32. The number of aryl methyl sites for hydroxylation is 2. The highest BCUT2D eigenvalue weighted by atomic mass is 16.2. The summed E-state index contributed by atoms with van der Waals surface area (Å²) in [4.78, 5) is 34.2. The molecule has 1 amide bonds. The Balaban J connectivity index is 1.35. The number of aromatic amines is 1. The lowest BCUT2D eigenvalue weighted by molar-refractivity contribution is -0.132. The highest BCUT2D eigenvalue weighted by molar-refractivity contribution is 5.77. The molecule has 150 valence electrons. The van der Waals surface area contributed by atoms with Crippen molar-refractivity contribution in [2.24, 2.45) is 0 Å². The molecule has 1 aliphatic rings. The molecule has 2 aromatic carbocycles. The van der Waals surface area contributed by atoms with E-state index in [2.05, 4.69) is 34.3 Å². The summed E-state index contributed by atoms with van der Waals surface area (Å²) in [5.74, 6) is 0.799. The molecule has 6 heteroatoms. The number of benzene rings is 2. The van der Waals surface area contributed by atoms with Crippen LogP contribution in [0.15, 0.2) is 53.3 Å². The van der Waals surface area contributed by atoms with Crippen LogP contribution in [0.2, 0.25) is 0 Å². The Hall–Kier alpha value is -2.99. The Morgan fingerprint density at radius 1 is 1.17 bits per heavy atom. The first kappa shape index (κ1) is 19.3. The molecule has 0 aliphatic carbocycles. The minimum Gasteiger partial charge on any atom is -0.340 e. The smallest absolute Gasteiger partial charge is 0.258 e. The van der Waals surface area contributed by atoms with Crippen LogP contribution >= 0.6 is 0 Å². The number of carbonyl (C=O) groups excluding carboxylic acids is 1. The number of nitrogens with one attached hydrogen (secondary N) is 2. The molecule has 1 aromatic heterocycles. The summed E-state index contributed by atoms with van der Waals surface area (Å²) in [7, 11) is 0. The maximum absolute atomic E-state index is 12.7. The van der Waals surface area contributed by atoms with Crippen molar-refractivity contribution in [2.75, 3.05) is 19.6 Å². The zero-order chi connectivity index (χ0) is 20.2. The highest BCUT2D eigenvalue weighted by Crippen LogP contribution is 2.21. The highest BCUT2D eigenvalue weighted by Gasteiger charge is 2.24. The third kappa shape index (κ3) is 4.38. The molecule has 4 rings (SSSR count). The van der Waals surface area contributed by atoms with E-state index in [0.717, 1.165) is 13.1 Å². The summed E-state index contributed by atoms with van der Waals surface area (Å²) in [5.41, 5.74) is 3.06. The molecule has 1 fully saturated rings. The number of para-hydroxylation sites is 1. The van der Waals surface area contributed by atoms with Crippen LogP contribution in [0.25, 0.3) is 10.9 Å². The number of H-pyrrole nitrogens is 1. The number of amides is 1. The van der Waals surface area contributed by atoms with Crippen molar-refractivity contribution in [3.05, 3.63) is 75.8 Å². The average molecular weight is 390 g/mol. The fraction of sp³-hybridized carbons (Fsp3) is 0.348. The van der Waals surface area contributed by atoms with Gasteiger partial charge in [-0.1, -0.05) is 36.4 Å². The number of hydrogen-bond acceptors (Lipinski definition) is 4. The maximum atomic E-state index is 12.7. The summed E-state index contributed by atoms with van der Waals surface area (Å²) in [6, 6.07) is 15.8. The van der Waals surface area contributed by atoms with E-state index in [-0.39, 0.29) is 17.5 Å². The monoisotopic (exact) mass is 390 g/mol. The van der Waals surface area contributed by atoms with E-state index in [1.54, 1.807) is 6.07 Å². The molecule has 0 spiro atoms. The molecule has 0 saturated carbocycles. The van der Waals surface area contributed by atoms with Gasteiger partial charge in [-0.05, 0) is 36.6 Å². The maximum Gasteiger partial charge on any atom is 0.258 e. The SMILES string of the molecule is Cc1ccccc1C1CN(C(=O)CCCc2nc3ccccc3c(=O)[nH]2)CCN1. The van der Waals surface area contributed by atoms with Gasteiger partial charge in [0.25, 0.3) is 5.56 Å². The lowest BCUT2D eigenvalue weighted by atomic mass is 9.99. The molecule has 1 saturated heterocycles. The molecule has 29 heavy (non-hydrogen) atoms. The lowest BCUT2D eigenvalue weighted by Crippen LogP contribution is -2.48. The molecule has 0 radical (unpaired) electrons. The van der Waals surface area contributed by atoms with Crippen molar-refractivity contribution < 1.29 is 4.79 Å². The van der Waals surface area contributed by atoms with E-state index in [0.29, 0.717) is 42.5 Å². The largest absolute Gasteiger partial charge is 0.340 e. The van der Waals surface area contributed by atoms with Gasteiger partial charge in [0.05, 0.1) is 16.9 Å². The Bertz CT molecular complexity index is 1080. The molecule has 1 aliphatic heterocycles. The number of hydrogen-bond donors (Lipinski definition) is 2. The van der Waals surface area contributed by atoms with Crippen molar-refractivity contribution >= 4 is 16.8 Å². The van der Waals surface area contributed by atoms with Crippen LogP contribution in [0.4, 0.5) is 0 Å². The van der Waals surface area contributed by atoms with Crippen molar-refractivity contribution in [2.45, 2.75) is 32.2 Å². The zero-order valence-corrected chi connectivity index (χ0v) is 16.6. The van der Waals surface area contributed by atoms with E-state index >= 15 is 0 Å². The summed E-state index contributed by atoms with van der Waals surface area (Å²) in [5, 5.41) is 4.12. The number of rotatable bonds is 5. The van der Waals surface area contributed by atoms with E-state index in [4.69, 9.17) is 0 Å². The van der Waals surface area contributed by atoms with E-state index in [9.17, 15) is 9.59 Å². The van der Waals surface area contributed by atoms with Crippen LogP contribution in [0, 0.1) is 6.92 Å². The second-order valence-electron chi connectivity index (χ2n) is 7.59. The summed E-state index contributed by atoms with van der Waals surface area (Å²) >= 11 is 0. The number of nitrogens with zero attached hydrogens (tertiary/aromatic N) is 2. The van der Waals surface area contributed by atoms with Gasteiger partial charge in [-0.3, -0.25) is 9.59 Å². The van der Waals surface area contributed by atoms with Gasteiger partial charge in [-0.2, -0.15) is 0 Å².